The Labute approximate surface area is 412 Å². The number of benzene rings is 2. The van der Waals surface area contributed by atoms with Crippen LogP contribution in [0.15, 0.2) is 70.7 Å². The number of fused-ring (bicyclic) bond motifs is 2. The van der Waals surface area contributed by atoms with E-state index in [0.717, 1.165) is 48.9 Å². The van der Waals surface area contributed by atoms with Gasteiger partial charge in [-0.15, -0.1) is 0 Å². The van der Waals surface area contributed by atoms with E-state index in [-0.39, 0.29) is 45.4 Å². The number of carboxylic acid groups (broad SMARTS) is 1. The summed E-state index contributed by atoms with van der Waals surface area (Å²) in [6, 6.07) is 12.8. The summed E-state index contributed by atoms with van der Waals surface area (Å²) in [5.41, 5.74) is 13.6. The van der Waals surface area contributed by atoms with E-state index in [4.69, 9.17) is 20.8 Å². The summed E-state index contributed by atoms with van der Waals surface area (Å²) in [5, 5.41) is 20.8. The van der Waals surface area contributed by atoms with Gasteiger partial charge >= 0.3 is 5.97 Å². The van der Waals surface area contributed by atoms with Gasteiger partial charge < -0.3 is 26.2 Å². The maximum Gasteiger partial charge on any atom is 0.310 e. The summed E-state index contributed by atoms with van der Waals surface area (Å²) < 4.78 is 27.3. The molecule has 2 aromatic carbocycles. The molecule has 16 heteroatoms. The van der Waals surface area contributed by atoms with E-state index in [1.54, 1.807) is 60.1 Å². The maximum atomic E-state index is 11.4. The number of carbonyl (C=O) groups excluding carboxylic acids is 4. The first-order valence-electron chi connectivity index (χ1n) is 22.5. The quantitative estimate of drug-likeness (QED) is 0.0691. The number of carbonyl (C=O) groups is 5. The van der Waals surface area contributed by atoms with Gasteiger partial charge in [-0.1, -0.05) is 134 Å². The highest BCUT2D eigenvalue weighted by Gasteiger charge is 2.23. The Balaban J connectivity index is -0.000000767. The summed E-state index contributed by atoms with van der Waals surface area (Å²) >= 11 is 0. The number of ether oxygens (including phenoxy) is 1. The molecule has 0 fully saturated rings. The van der Waals surface area contributed by atoms with Crippen molar-refractivity contribution in [2.75, 3.05) is 14.2 Å². The second-order valence-corrected chi connectivity index (χ2v) is 22.4. The second kappa shape index (κ2) is 29.3. The largest absolute Gasteiger partial charge is 0.481 e. The van der Waals surface area contributed by atoms with Crippen LogP contribution in [0.5, 0.6) is 0 Å². The number of halogens is 2. The number of carboxylic acids is 1. The van der Waals surface area contributed by atoms with Crippen LogP contribution >= 0.6 is 0 Å². The smallest absolute Gasteiger partial charge is 0.310 e. The highest BCUT2D eigenvalue weighted by Crippen LogP contribution is 2.33. The van der Waals surface area contributed by atoms with Gasteiger partial charge in [-0.25, -0.2) is 15.5 Å². The van der Waals surface area contributed by atoms with Crippen LogP contribution < -0.4 is 21.8 Å². The number of methoxy groups -OCH3 is 1. The zero-order chi connectivity index (χ0) is 55.1. The van der Waals surface area contributed by atoms with Crippen LogP contribution in [0.25, 0.3) is 0 Å². The number of allylic oxidation sites excluding steroid dienone is 2. The van der Waals surface area contributed by atoms with Crippen LogP contribution in [0, 0.1) is 21.7 Å². The Morgan fingerprint density at radius 1 is 0.696 bits per heavy atom. The second-order valence-electron chi connectivity index (χ2n) is 22.4. The zero-order valence-electron chi connectivity index (χ0n) is 45.7. The molecule has 7 N–H and O–H groups in total. The standard InChI is InChI=1S/C14H18N2O.C12H16N2.C8H15NO.C6H10F2.C6H12O2.C5H11NO2.C2H4O2/c1-9(17)15-13-8-10-7-11(14(2,3)4)5-6-12(10)16-13;1-12(2,3)9-4-5-10-8(6-9)7-11(13)14-10;1-8(2,3)6-5-7(10)9-4;1-6(2,3)4-5(7)8;1-6(2,3)5(7)8-4;1-5(2,3)4(7)6-8;1-2(3)4/h5-7H,8H2,1-4H3,(H,15,16,17);4-6H,7H2,1-3H3,(H2,13,14);5-6H,1-4H3,(H,9,10);4H,1-3H3;1-4H3;8H,1-3H3,(H,6,7);1H3,(H,3,4)/b;;6-5+;;;;. The van der Waals surface area contributed by atoms with Crippen LogP contribution in [0.2, 0.25) is 0 Å². The first-order valence-corrected chi connectivity index (χ1v) is 22.5. The monoisotopic (exact) mass is 973 g/mol. The molecular formula is C53H86F2N6O8. The molecule has 2 heterocycles. The van der Waals surface area contributed by atoms with Gasteiger partial charge in [-0.2, -0.15) is 8.78 Å². The van der Waals surface area contributed by atoms with Crippen molar-refractivity contribution in [3.05, 3.63) is 83.0 Å². The minimum absolute atomic E-state index is 0.0464. The molecule has 0 bridgehead atoms. The number of hydroxylamine groups is 1. The summed E-state index contributed by atoms with van der Waals surface area (Å²) in [7, 11) is 3.02. The molecule has 0 spiro atoms. The third kappa shape index (κ3) is 34.2. The average molecular weight is 973 g/mol. The number of likely N-dealkylation sites (N-methyl/N-ethyl adjacent to an activating group) is 1. The molecule has 0 unspecified atom stereocenters. The fourth-order valence-electron chi connectivity index (χ4n) is 4.85. The molecule has 0 saturated heterocycles. The Morgan fingerprint density at radius 3 is 1.38 bits per heavy atom. The molecule has 14 nitrogen and oxygen atoms in total. The minimum atomic E-state index is -1.60. The molecule has 2 aromatic rings. The van der Waals surface area contributed by atoms with Gasteiger partial charge in [0.2, 0.25) is 17.7 Å². The Kier molecular flexibility index (Phi) is 28.7. The maximum absolute atomic E-state index is 11.4. The van der Waals surface area contributed by atoms with Crippen LogP contribution in [0.3, 0.4) is 0 Å². The number of aliphatic carboxylic acids is 1. The van der Waals surface area contributed by atoms with E-state index in [1.807, 2.05) is 53.7 Å². The minimum Gasteiger partial charge on any atom is -0.481 e. The van der Waals surface area contributed by atoms with Gasteiger partial charge in [0.15, 0.2) is 0 Å². The number of esters is 1. The molecule has 4 rings (SSSR count). The lowest BCUT2D eigenvalue weighted by atomic mass is 9.86. The zero-order valence-corrected chi connectivity index (χ0v) is 45.7. The van der Waals surface area contributed by atoms with Crippen LogP contribution in [-0.4, -0.2) is 65.8 Å². The predicted molar refractivity (Wildman–Crippen MR) is 276 cm³/mol. The van der Waals surface area contributed by atoms with Crippen LogP contribution in [0.4, 0.5) is 20.2 Å². The lowest BCUT2D eigenvalue weighted by molar-refractivity contribution is -0.149. The first-order chi connectivity index (χ1) is 30.9. The van der Waals surface area contributed by atoms with Gasteiger partial charge in [-0.05, 0) is 89.0 Å². The number of amides is 3. The Hall–Kier alpha value is -5.77. The molecule has 0 radical (unpaired) electrons. The number of nitrogens with two attached hydrogens (primary N) is 1. The van der Waals surface area contributed by atoms with Crippen molar-refractivity contribution in [3.63, 3.8) is 0 Å². The Morgan fingerprint density at radius 2 is 1.12 bits per heavy atom. The molecule has 2 aliphatic rings. The van der Waals surface area contributed by atoms with Gasteiger partial charge in [0.25, 0.3) is 12.0 Å². The van der Waals surface area contributed by atoms with Gasteiger partial charge in [0.05, 0.1) is 23.9 Å². The normalized spacial score (nSPS) is 12.5. The van der Waals surface area contributed by atoms with E-state index < -0.39 is 22.9 Å². The number of nitrogens with one attached hydrogen (secondary N) is 3. The number of hydrogen-bond donors (Lipinski definition) is 6. The molecule has 0 atom stereocenters. The van der Waals surface area contributed by atoms with Gasteiger partial charge in [0, 0.05) is 39.2 Å². The van der Waals surface area contributed by atoms with Crippen molar-refractivity contribution in [1.29, 1.82) is 0 Å². The molecule has 390 valence electrons. The van der Waals surface area contributed by atoms with Crippen molar-refractivity contribution in [2.24, 2.45) is 37.4 Å². The van der Waals surface area contributed by atoms with Crippen molar-refractivity contribution in [1.82, 2.24) is 16.1 Å². The molecular weight excluding hydrogens is 887 g/mol. The molecule has 3 amide bonds. The number of nitrogens with zero attached hydrogens (tertiary/aromatic N) is 2. The topological polar surface area (TPSA) is 222 Å². The number of amidine groups is 2. The van der Waals surface area contributed by atoms with Crippen molar-refractivity contribution >= 4 is 52.7 Å². The first kappa shape index (κ1) is 67.5. The van der Waals surface area contributed by atoms with Crippen molar-refractivity contribution in [2.45, 2.75) is 162 Å². The molecule has 69 heavy (non-hydrogen) atoms. The number of hydrogen-bond acceptors (Lipinski definition) is 10. The third-order valence-corrected chi connectivity index (χ3v) is 8.56. The molecule has 0 aromatic heterocycles. The fourth-order valence-corrected chi connectivity index (χ4v) is 4.85. The van der Waals surface area contributed by atoms with Crippen LogP contribution in [0.1, 0.15) is 161 Å². The van der Waals surface area contributed by atoms with Gasteiger partial charge in [-0.3, -0.25) is 29.2 Å². The number of rotatable bonds is 1. The fraction of sp³-hybridized carbons (Fsp3) is 0.566. The van der Waals surface area contributed by atoms with E-state index in [9.17, 15) is 28.0 Å². The number of aliphatic imine (C=N–C) groups is 2. The van der Waals surface area contributed by atoms with Gasteiger partial charge in [0.1, 0.15) is 11.7 Å². The molecule has 2 aliphatic heterocycles. The summed E-state index contributed by atoms with van der Waals surface area (Å²) in [5.74, 6) is 0.00199. The van der Waals surface area contributed by atoms with E-state index in [2.05, 4.69) is 97.2 Å². The van der Waals surface area contributed by atoms with Crippen molar-refractivity contribution in [3.8, 4) is 0 Å². The van der Waals surface area contributed by atoms with Crippen LogP contribution in [-0.2, 0) is 52.4 Å². The SMILES string of the molecule is CC(=O)NC1=Nc2ccc(C(C)(C)C)cc2C1.CC(=O)O.CC(C)(C)C(=O)NO.CC(C)(C)C=C(F)F.CC(C)(C)c1ccc2c(c1)CC(N)=N2.CNC(=O)/C=C/C(C)(C)C.COC(=O)C(C)(C)C. The highest BCUT2D eigenvalue weighted by molar-refractivity contribution is 6.02. The van der Waals surface area contributed by atoms with Crippen molar-refractivity contribution < 1.29 is 47.8 Å². The summed E-state index contributed by atoms with van der Waals surface area (Å²) in [6.45, 7) is 37.8. The van der Waals surface area contributed by atoms with E-state index in [0.29, 0.717) is 0 Å². The lowest BCUT2D eigenvalue weighted by Crippen LogP contribution is -2.32. The average Bonchev–Trinajstić information content (AvgIpc) is 3.75. The summed E-state index contributed by atoms with van der Waals surface area (Å²) in [4.78, 5) is 60.4. The molecule has 0 aliphatic carbocycles. The summed E-state index contributed by atoms with van der Waals surface area (Å²) in [6.07, 6.45) is 4.30. The Bertz CT molecular complexity index is 2080. The molecule has 0 saturated carbocycles. The highest BCUT2D eigenvalue weighted by atomic mass is 19.3. The van der Waals surface area contributed by atoms with E-state index >= 15 is 0 Å². The lowest BCUT2D eigenvalue weighted by Gasteiger charge is -2.19. The predicted octanol–water partition coefficient (Wildman–Crippen LogP) is 11.2. The van der Waals surface area contributed by atoms with E-state index in [1.165, 1.54) is 36.3 Å². The third-order valence-electron chi connectivity index (χ3n) is 8.56.